The molecule has 2 heterocycles. The predicted molar refractivity (Wildman–Crippen MR) is 126 cm³/mol. The molecule has 172 valence electrons. The molecule has 1 aliphatic rings. The number of amides is 2. The van der Waals surface area contributed by atoms with Crippen LogP contribution in [0.4, 0.5) is 0 Å². The van der Waals surface area contributed by atoms with E-state index in [1.807, 2.05) is 42.5 Å². The van der Waals surface area contributed by atoms with Crippen molar-refractivity contribution in [3.8, 4) is 11.5 Å². The Balaban J connectivity index is 1.24. The molecule has 4 rings (SSSR count). The molecule has 0 unspecified atom stereocenters. The monoisotopic (exact) mass is 448 g/mol. The van der Waals surface area contributed by atoms with Crippen LogP contribution in [0, 0.1) is 0 Å². The number of para-hydroxylation sites is 2. The molecular formula is C25H28N4O4. The smallest absolute Gasteiger partial charge is 0.230 e. The van der Waals surface area contributed by atoms with Crippen molar-refractivity contribution in [3.63, 3.8) is 0 Å². The summed E-state index contributed by atoms with van der Waals surface area (Å²) in [6.07, 6.45) is 5.62. The van der Waals surface area contributed by atoms with E-state index < -0.39 is 0 Å². The number of fused-ring (bicyclic) bond motifs is 2. The van der Waals surface area contributed by atoms with Crippen molar-refractivity contribution in [1.29, 1.82) is 0 Å². The summed E-state index contributed by atoms with van der Waals surface area (Å²) in [5, 5.41) is 2.93. The molecule has 0 saturated heterocycles. The molecule has 8 heteroatoms. The van der Waals surface area contributed by atoms with Gasteiger partial charge >= 0.3 is 0 Å². The van der Waals surface area contributed by atoms with Crippen LogP contribution in [-0.4, -0.2) is 54.0 Å². The second-order valence-electron chi connectivity index (χ2n) is 7.89. The number of carbonyl (C=O) groups excluding carboxylic acids is 2. The molecule has 8 nitrogen and oxygen atoms in total. The van der Waals surface area contributed by atoms with E-state index in [9.17, 15) is 9.59 Å². The van der Waals surface area contributed by atoms with E-state index in [2.05, 4.69) is 15.3 Å². The van der Waals surface area contributed by atoms with Gasteiger partial charge in [0.15, 0.2) is 11.5 Å². The van der Waals surface area contributed by atoms with Crippen LogP contribution in [0.1, 0.15) is 29.8 Å². The Hall–Kier alpha value is -3.81. The van der Waals surface area contributed by atoms with Crippen molar-refractivity contribution >= 4 is 28.9 Å². The summed E-state index contributed by atoms with van der Waals surface area (Å²) in [4.78, 5) is 34.4. The molecule has 1 aromatic heterocycles. The first-order valence-electron chi connectivity index (χ1n) is 11.0. The predicted octanol–water partition coefficient (Wildman–Crippen LogP) is 3.07. The highest BCUT2D eigenvalue weighted by atomic mass is 16.5. The van der Waals surface area contributed by atoms with Gasteiger partial charge in [0.25, 0.3) is 0 Å². The highest BCUT2D eigenvalue weighted by Crippen LogP contribution is 2.32. The van der Waals surface area contributed by atoms with Crippen LogP contribution in [0.15, 0.2) is 42.6 Å². The maximum absolute atomic E-state index is 12.7. The first-order chi connectivity index (χ1) is 16.1. The number of hydrogen-bond donors (Lipinski definition) is 2. The van der Waals surface area contributed by atoms with E-state index in [0.29, 0.717) is 24.6 Å². The second kappa shape index (κ2) is 10.2. The largest absolute Gasteiger partial charge is 0.493 e. The molecule has 2 aromatic carbocycles. The number of rotatable bonds is 9. The topological polar surface area (TPSA) is 96.6 Å². The zero-order valence-corrected chi connectivity index (χ0v) is 18.9. The van der Waals surface area contributed by atoms with E-state index in [0.717, 1.165) is 40.8 Å². The Labute approximate surface area is 192 Å². The average molecular weight is 449 g/mol. The maximum atomic E-state index is 12.7. The van der Waals surface area contributed by atoms with Gasteiger partial charge in [0.2, 0.25) is 11.8 Å². The van der Waals surface area contributed by atoms with Crippen molar-refractivity contribution < 1.29 is 19.1 Å². The number of methoxy groups -OCH3 is 2. The Morgan fingerprint density at radius 2 is 1.97 bits per heavy atom. The van der Waals surface area contributed by atoms with Gasteiger partial charge in [0.1, 0.15) is 5.82 Å². The van der Waals surface area contributed by atoms with E-state index in [4.69, 9.17) is 9.47 Å². The molecule has 0 atom stereocenters. The highest BCUT2D eigenvalue weighted by molar-refractivity contribution is 5.85. The third-order valence-corrected chi connectivity index (χ3v) is 5.67. The maximum Gasteiger partial charge on any atom is 0.230 e. The molecule has 3 aromatic rings. The average Bonchev–Trinajstić information content (AvgIpc) is 3.17. The fourth-order valence-corrected chi connectivity index (χ4v) is 3.88. The van der Waals surface area contributed by atoms with Crippen molar-refractivity contribution in [1.82, 2.24) is 20.2 Å². The number of nitrogens with one attached hydrogen (secondary N) is 2. The molecule has 0 spiro atoms. The summed E-state index contributed by atoms with van der Waals surface area (Å²) in [5.74, 6) is 1.98. The van der Waals surface area contributed by atoms with E-state index in [-0.39, 0.29) is 24.7 Å². The standard InChI is InChI=1S/C25H28N4O4/c1-32-21-14-17-9-12-29(25(31)16-18(17)15-22(21)33-2)13-10-24(30)26-11-5-8-23-27-19-6-3-4-7-20(19)28-23/h3-4,6-7,9,12,14-15H,5,8,10-11,13,16H2,1-2H3,(H,26,30)(H,27,28). The van der Waals surface area contributed by atoms with Crippen molar-refractivity contribution in [2.45, 2.75) is 25.7 Å². The van der Waals surface area contributed by atoms with Gasteiger partial charge in [0.05, 0.1) is 31.7 Å². The van der Waals surface area contributed by atoms with Crippen LogP contribution in [0.25, 0.3) is 17.1 Å². The number of imidazole rings is 1. The van der Waals surface area contributed by atoms with Crippen LogP contribution in [0.3, 0.4) is 0 Å². The minimum absolute atomic E-state index is 0.0603. The lowest BCUT2D eigenvalue weighted by atomic mass is 10.0. The van der Waals surface area contributed by atoms with Gasteiger partial charge in [-0.15, -0.1) is 0 Å². The molecule has 33 heavy (non-hydrogen) atoms. The van der Waals surface area contributed by atoms with Crippen molar-refractivity contribution in [2.24, 2.45) is 0 Å². The Morgan fingerprint density at radius 1 is 1.18 bits per heavy atom. The summed E-state index contributed by atoms with van der Waals surface area (Å²) < 4.78 is 10.7. The number of carbonyl (C=O) groups is 2. The number of nitrogens with zero attached hydrogens (tertiary/aromatic N) is 2. The summed E-state index contributed by atoms with van der Waals surface area (Å²) in [6.45, 7) is 0.887. The third kappa shape index (κ3) is 5.34. The molecule has 2 N–H and O–H groups in total. The van der Waals surface area contributed by atoms with Gasteiger partial charge in [0, 0.05) is 32.1 Å². The molecule has 0 bridgehead atoms. The summed E-state index contributed by atoms with van der Waals surface area (Å²) >= 11 is 0. The van der Waals surface area contributed by atoms with Crippen LogP contribution in [-0.2, 0) is 22.4 Å². The lowest BCUT2D eigenvalue weighted by Gasteiger charge is -2.17. The second-order valence-corrected chi connectivity index (χ2v) is 7.89. The van der Waals surface area contributed by atoms with E-state index in [1.54, 1.807) is 25.3 Å². The van der Waals surface area contributed by atoms with Crippen LogP contribution in [0.2, 0.25) is 0 Å². The number of aryl methyl sites for hydroxylation is 1. The Morgan fingerprint density at radius 3 is 2.76 bits per heavy atom. The lowest BCUT2D eigenvalue weighted by Crippen LogP contribution is -2.32. The minimum atomic E-state index is -0.0779. The number of H-pyrrole nitrogens is 1. The Bertz CT molecular complexity index is 1150. The highest BCUT2D eigenvalue weighted by Gasteiger charge is 2.20. The van der Waals surface area contributed by atoms with Crippen LogP contribution >= 0.6 is 0 Å². The van der Waals surface area contributed by atoms with E-state index >= 15 is 0 Å². The minimum Gasteiger partial charge on any atom is -0.493 e. The summed E-state index contributed by atoms with van der Waals surface area (Å²) in [5.41, 5.74) is 3.74. The van der Waals surface area contributed by atoms with Crippen LogP contribution < -0.4 is 14.8 Å². The van der Waals surface area contributed by atoms with Gasteiger partial charge in [-0.3, -0.25) is 9.59 Å². The molecular weight excluding hydrogens is 420 g/mol. The first kappa shape index (κ1) is 22.4. The number of aromatic nitrogens is 2. The van der Waals surface area contributed by atoms with Crippen molar-refractivity contribution in [2.75, 3.05) is 27.3 Å². The van der Waals surface area contributed by atoms with Gasteiger partial charge in [-0.1, -0.05) is 12.1 Å². The van der Waals surface area contributed by atoms with E-state index in [1.165, 1.54) is 0 Å². The molecule has 0 saturated carbocycles. The summed E-state index contributed by atoms with van der Waals surface area (Å²) in [6, 6.07) is 11.6. The number of benzene rings is 2. The SMILES string of the molecule is COc1cc2c(cc1OC)CC(=O)N(CCC(=O)NCCCc1nc3ccccc3[nH]1)C=C2. The van der Waals surface area contributed by atoms with Crippen molar-refractivity contribution in [3.05, 3.63) is 59.5 Å². The van der Waals surface area contributed by atoms with Gasteiger partial charge in [-0.2, -0.15) is 0 Å². The fourth-order valence-electron chi connectivity index (χ4n) is 3.88. The zero-order chi connectivity index (χ0) is 23.2. The third-order valence-electron chi connectivity index (χ3n) is 5.67. The van der Waals surface area contributed by atoms with Gasteiger partial charge in [-0.05, 0) is 47.9 Å². The lowest BCUT2D eigenvalue weighted by molar-refractivity contribution is -0.128. The first-order valence-corrected chi connectivity index (χ1v) is 11.0. The molecule has 0 aliphatic carbocycles. The molecule has 1 aliphatic heterocycles. The Kier molecular flexibility index (Phi) is 6.92. The van der Waals surface area contributed by atoms with Crippen LogP contribution in [0.5, 0.6) is 11.5 Å². The number of hydrogen-bond acceptors (Lipinski definition) is 5. The fraction of sp³-hybridized carbons (Fsp3) is 0.320. The summed E-state index contributed by atoms with van der Waals surface area (Å²) in [7, 11) is 3.15. The normalized spacial score (nSPS) is 13.0. The molecule has 2 amide bonds. The zero-order valence-electron chi connectivity index (χ0n) is 18.9. The molecule has 0 fully saturated rings. The van der Waals surface area contributed by atoms with Gasteiger partial charge in [-0.25, -0.2) is 4.98 Å². The quantitative estimate of drug-likeness (QED) is 0.491. The number of ether oxygens (including phenoxy) is 2. The van der Waals surface area contributed by atoms with Gasteiger partial charge < -0.3 is 24.7 Å². The number of aromatic amines is 1. The molecule has 0 radical (unpaired) electrons.